The molecule has 3 nitrogen and oxygen atoms in total. The van der Waals surface area contributed by atoms with E-state index in [-0.39, 0.29) is 18.6 Å². The molecule has 0 saturated carbocycles. The third kappa shape index (κ3) is 14.4. The molecule has 0 unspecified atom stereocenters. The van der Waals surface area contributed by atoms with E-state index < -0.39 is 0 Å². The van der Waals surface area contributed by atoms with Crippen molar-refractivity contribution in [2.75, 3.05) is 26.3 Å². The predicted molar refractivity (Wildman–Crippen MR) is 61.4 cm³/mol. The van der Waals surface area contributed by atoms with E-state index in [1.54, 1.807) is 13.8 Å². The zero-order valence-electron chi connectivity index (χ0n) is 10.1. The van der Waals surface area contributed by atoms with Gasteiger partial charge in [-0.2, -0.15) is 0 Å². The van der Waals surface area contributed by atoms with Gasteiger partial charge in [0, 0.05) is 5.41 Å². The van der Waals surface area contributed by atoms with Gasteiger partial charge in [0.25, 0.3) is 0 Å². The first-order chi connectivity index (χ1) is 6.54. The van der Waals surface area contributed by atoms with Crippen LogP contribution in [0.15, 0.2) is 0 Å². The summed E-state index contributed by atoms with van der Waals surface area (Å²) < 4.78 is 0. The molecule has 0 atom stereocenters. The van der Waals surface area contributed by atoms with Crippen LogP contribution in [-0.4, -0.2) is 36.5 Å². The van der Waals surface area contributed by atoms with Gasteiger partial charge in [0.2, 0.25) is 0 Å². The fourth-order valence-electron chi connectivity index (χ4n) is 0.529. The zero-order chi connectivity index (χ0) is 11.4. The zero-order valence-corrected chi connectivity index (χ0v) is 10.1. The molecule has 14 heavy (non-hydrogen) atoms. The Kier molecular flexibility index (Phi) is 12.8. The molecule has 0 aliphatic heterocycles. The average molecular weight is 205 g/mol. The fourth-order valence-corrected chi connectivity index (χ4v) is 0.529. The van der Waals surface area contributed by atoms with Gasteiger partial charge in [0.1, 0.15) is 0 Å². The van der Waals surface area contributed by atoms with Gasteiger partial charge in [-0.25, -0.2) is 0 Å². The maximum atomic E-state index is 8.43. The minimum Gasteiger partial charge on any atom is -0.396 e. The Hall–Kier alpha value is -0.120. The Morgan fingerprint density at radius 2 is 1.29 bits per heavy atom. The van der Waals surface area contributed by atoms with Crippen LogP contribution in [0.5, 0.6) is 0 Å². The Balaban J connectivity index is 0. The first kappa shape index (κ1) is 16.3. The lowest BCUT2D eigenvalue weighted by Crippen LogP contribution is -2.20. The minimum absolute atomic E-state index is 0.0451. The van der Waals surface area contributed by atoms with Crippen molar-refractivity contribution in [3.05, 3.63) is 0 Å². The maximum absolute atomic E-state index is 8.43. The molecule has 0 bridgehead atoms. The standard InChI is InChI=1S/C6H15N.C5H12O2/c1-3-5-7-6-4-2;1-5(2,3-6)4-7/h7H,3-6H2,1-2H3;6-7H,3-4H2,1-2H3. The second-order valence-corrected chi connectivity index (χ2v) is 4.23. The smallest absolute Gasteiger partial charge is 0.0504 e. The number of aliphatic hydroxyl groups excluding tert-OH is 2. The molecule has 0 amide bonds. The lowest BCUT2D eigenvalue weighted by Gasteiger charge is -2.16. The Morgan fingerprint density at radius 3 is 1.43 bits per heavy atom. The summed E-state index contributed by atoms with van der Waals surface area (Å²) in [6, 6.07) is 0. The van der Waals surface area contributed by atoms with E-state index in [0.717, 1.165) is 0 Å². The SMILES string of the molecule is CC(C)(CO)CO.CCCNCCC. The van der Waals surface area contributed by atoms with Gasteiger partial charge in [0.05, 0.1) is 13.2 Å². The highest BCUT2D eigenvalue weighted by Gasteiger charge is 2.13. The molecule has 0 heterocycles. The topological polar surface area (TPSA) is 52.5 Å². The van der Waals surface area contributed by atoms with Crippen molar-refractivity contribution in [3.8, 4) is 0 Å². The van der Waals surface area contributed by atoms with Crippen molar-refractivity contribution >= 4 is 0 Å². The number of hydrogen-bond donors (Lipinski definition) is 3. The Morgan fingerprint density at radius 1 is 0.929 bits per heavy atom. The molecule has 0 saturated heterocycles. The summed E-state index contributed by atoms with van der Waals surface area (Å²) in [6.07, 6.45) is 2.50. The number of aliphatic hydroxyl groups is 2. The molecule has 0 fully saturated rings. The summed E-state index contributed by atoms with van der Waals surface area (Å²) in [5, 5.41) is 20.2. The summed E-state index contributed by atoms with van der Waals surface area (Å²) >= 11 is 0. The Labute approximate surface area is 88.5 Å². The van der Waals surface area contributed by atoms with E-state index >= 15 is 0 Å². The highest BCUT2D eigenvalue weighted by molar-refractivity contribution is 4.62. The van der Waals surface area contributed by atoms with Gasteiger partial charge < -0.3 is 15.5 Å². The molecule has 0 radical (unpaired) electrons. The second kappa shape index (κ2) is 11.0. The van der Waals surface area contributed by atoms with E-state index in [9.17, 15) is 0 Å². The molecule has 0 aromatic heterocycles. The largest absolute Gasteiger partial charge is 0.396 e. The van der Waals surface area contributed by atoms with E-state index in [1.807, 2.05) is 0 Å². The van der Waals surface area contributed by atoms with Crippen LogP contribution in [0.1, 0.15) is 40.5 Å². The maximum Gasteiger partial charge on any atom is 0.0504 e. The van der Waals surface area contributed by atoms with Gasteiger partial charge in [-0.3, -0.25) is 0 Å². The molecule has 3 heteroatoms. The Bertz CT molecular complexity index is 95.5. The predicted octanol–water partition coefficient (Wildman–Crippen LogP) is 1.39. The van der Waals surface area contributed by atoms with Crippen molar-refractivity contribution < 1.29 is 10.2 Å². The van der Waals surface area contributed by atoms with Gasteiger partial charge in [-0.1, -0.05) is 27.7 Å². The van der Waals surface area contributed by atoms with E-state index in [1.165, 1.54) is 25.9 Å². The van der Waals surface area contributed by atoms with Crippen LogP contribution in [-0.2, 0) is 0 Å². The quantitative estimate of drug-likeness (QED) is 0.574. The number of nitrogens with one attached hydrogen (secondary N) is 1. The van der Waals surface area contributed by atoms with Crippen molar-refractivity contribution in [2.24, 2.45) is 5.41 Å². The molecular formula is C11H27NO2. The summed E-state index contributed by atoms with van der Waals surface area (Å²) in [5.41, 5.74) is -0.306. The van der Waals surface area contributed by atoms with Crippen LogP contribution in [0.4, 0.5) is 0 Å². The highest BCUT2D eigenvalue weighted by atomic mass is 16.3. The van der Waals surface area contributed by atoms with Crippen LogP contribution in [0.25, 0.3) is 0 Å². The molecule has 0 spiro atoms. The van der Waals surface area contributed by atoms with Crippen LogP contribution in [0.3, 0.4) is 0 Å². The van der Waals surface area contributed by atoms with Crippen LogP contribution in [0.2, 0.25) is 0 Å². The third-order valence-corrected chi connectivity index (χ3v) is 1.71. The van der Waals surface area contributed by atoms with E-state index in [2.05, 4.69) is 19.2 Å². The second-order valence-electron chi connectivity index (χ2n) is 4.23. The molecular weight excluding hydrogens is 178 g/mol. The first-order valence-electron chi connectivity index (χ1n) is 5.46. The summed E-state index contributed by atoms with van der Waals surface area (Å²) in [4.78, 5) is 0. The molecule has 0 aliphatic rings. The summed E-state index contributed by atoms with van der Waals surface area (Å²) in [7, 11) is 0. The average Bonchev–Trinajstić information content (AvgIpc) is 2.20. The molecule has 3 N–H and O–H groups in total. The normalized spacial score (nSPS) is 10.7. The van der Waals surface area contributed by atoms with Crippen molar-refractivity contribution in [3.63, 3.8) is 0 Å². The summed E-state index contributed by atoms with van der Waals surface area (Å²) in [6.45, 7) is 10.4. The van der Waals surface area contributed by atoms with Crippen molar-refractivity contribution in [1.82, 2.24) is 5.32 Å². The minimum atomic E-state index is -0.306. The highest BCUT2D eigenvalue weighted by Crippen LogP contribution is 2.10. The molecule has 0 aliphatic carbocycles. The van der Waals surface area contributed by atoms with Gasteiger partial charge in [-0.15, -0.1) is 0 Å². The van der Waals surface area contributed by atoms with Crippen molar-refractivity contribution in [1.29, 1.82) is 0 Å². The first-order valence-corrected chi connectivity index (χ1v) is 5.46. The lowest BCUT2D eigenvalue weighted by molar-refractivity contribution is 0.0857. The molecule has 88 valence electrons. The summed E-state index contributed by atoms with van der Waals surface area (Å²) in [5.74, 6) is 0. The molecule has 0 aromatic carbocycles. The van der Waals surface area contributed by atoms with Crippen molar-refractivity contribution in [2.45, 2.75) is 40.5 Å². The van der Waals surface area contributed by atoms with Crippen LogP contribution >= 0.6 is 0 Å². The fraction of sp³-hybridized carbons (Fsp3) is 1.00. The number of rotatable bonds is 6. The van der Waals surface area contributed by atoms with Crippen LogP contribution < -0.4 is 5.32 Å². The van der Waals surface area contributed by atoms with E-state index in [0.29, 0.717) is 0 Å². The van der Waals surface area contributed by atoms with Gasteiger partial charge >= 0.3 is 0 Å². The third-order valence-electron chi connectivity index (χ3n) is 1.71. The van der Waals surface area contributed by atoms with E-state index in [4.69, 9.17) is 10.2 Å². The van der Waals surface area contributed by atoms with Crippen LogP contribution in [0, 0.1) is 5.41 Å². The monoisotopic (exact) mass is 205 g/mol. The van der Waals surface area contributed by atoms with Gasteiger partial charge in [-0.05, 0) is 25.9 Å². The molecule has 0 aromatic rings. The van der Waals surface area contributed by atoms with Gasteiger partial charge in [0.15, 0.2) is 0 Å². The lowest BCUT2D eigenvalue weighted by atomic mass is 9.97. The number of hydrogen-bond acceptors (Lipinski definition) is 3. The molecule has 0 rings (SSSR count).